The highest BCUT2D eigenvalue weighted by atomic mass is 32.2. The molecule has 8 heteroatoms. The van der Waals surface area contributed by atoms with Crippen molar-refractivity contribution in [2.45, 2.75) is 19.4 Å². The molecule has 3 rings (SSSR count). The number of aromatic nitrogens is 1. The minimum atomic E-state index is -0.195. The Labute approximate surface area is 189 Å². The maximum Gasteiger partial charge on any atom is 0.191 e. The molecule has 168 valence electrons. The van der Waals surface area contributed by atoms with Crippen LogP contribution in [0.5, 0.6) is 0 Å². The van der Waals surface area contributed by atoms with E-state index in [4.69, 9.17) is 0 Å². The van der Waals surface area contributed by atoms with Crippen LogP contribution in [0.25, 0.3) is 0 Å². The summed E-state index contributed by atoms with van der Waals surface area (Å²) in [6.07, 6.45) is 6.37. The van der Waals surface area contributed by atoms with Gasteiger partial charge in [-0.2, -0.15) is 11.8 Å². The molecule has 2 heterocycles. The number of hydrogen-bond acceptors (Lipinski definition) is 5. The van der Waals surface area contributed by atoms with Crippen molar-refractivity contribution in [3.63, 3.8) is 0 Å². The number of guanidine groups is 1. The van der Waals surface area contributed by atoms with E-state index >= 15 is 0 Å². The maximum absolute atomic E-state index is 13.2. The molecule has 0 bridgehead atoms. The first-order valence-corrected chi connectivity index (χ1v) is 12.2. The van der Waals surface area contributed by atoms with Crippen molar-refractivity contribution in [3.8, 4) is 0 Å². The Morgan fingerprint density at radius 1 is 1.06 bits per heavy atom. The van der Waals surface area contributed by atoms with Gasteiger partial charge in [-0.1, -0.05) is 0 Å². The van der Waals surface area contributed by atoms with Crippen LogP contribution in [0.4, 0.5) is 15.9 Å². The number of rotatable bonds is 9. The summed E-state index contributed by atoms with van der Waals surface area (Å²) in [5.41, 5.74) is 2.25. The summed E-state index contributed by atoms with van der Waals surface area (Å²) in [6, 6.07) is 10.9. The SMILES string of the molecule is CN=C(NCCCCSC)NCc1ccnc(N2CCN(c3ccc(F)cc3)CC2)c1. The molecular formula is C23H33FN6S. The lowest BCUT2D eigenvalue weighted by Gasteiger charge is -2.36. The fourth-order valence-electron chi connectivity index (χ4n) is 3.57. The van der Waals surface area contributed by atoms with Gasteiger partial charge in [-0.25, -0.2) is 9.37 Å². The minimum absolute atomic E-state index is 0.195. The van der Waals surface area contributed by atoms with Gasteiger partial charge in [-0.05, 0) is 66.8 Å². The summed E-state index contributed by atoms with van der Waals surface area (Å²) < 4.78 is 13.2. The van der Waals surface area contributed by atoms with Crippen LogP contribution < -0.4 is 20.4 Å². The average molecular weight is 445 g/mol. The minimum Gasteiger partial charge on any atom is -0.368 e. The molecule has 0 aliphatic carbocycles. The predicted molar refractivity (Wildman–Crippen MR) is 131 cm³/mol. The Balaban J connectivity index is 1.47. The van der Waals surface area contributed by atoms with E-state index in [0.717, 1.165) is 56.6 Å². The average Bonchev–Trinajstić information content (AvgIpc) is 2.82. The molecule has 0 unspecified atom stereocenters. The molecule has 0 amide bonds. The van der Waals surface area contributed by atoms with Gasteiger partial charge >= 0.3 is 0 Å². The molecule has 1 saturated heterocycles. The molecule has 0 saturated carbocycles. The normalized spacial score (nSPS) is 14.6. The quantitative estimate of drug-likeness (QED) is 0.351. The van der Waals surface area contributed by atoms with Gasteiger partial charge in [0, 0.05) is 58.2 Å². The van der Waals surface area contributed by atoms with Crippen molar-refractivity contribution < 1.29 is 4.39 Å². The third-order valence-corrected chi connectivity index (χ3v) is 6.05. The van der Waals surface area contributed by atoms with E-state index in [1.165, 1.54) is 29.9 Å². The highest BCUT2D eigenvalue weighted by molar-refractivity contribution is 7.98. The second kappa shape index (κ2) is 12.4. The van der Waals surface area contributed by atoms with Crippen LogP contribution in [-0.4, -0.2) is 62.7 Å². The van der Waals surface area contributed by atoms with Crippen LogP contribution in [0, 0.1) is 5.82 Å². The zero-order valence-corrected chi connectivity index (χ0v) is 19.3. The monoisotopic (exact) mass is 444 g/mol. The lowest BCUT2D eigenvalue weighted by Crippen LogP contribution is -2.46. The maximum atomic E-state index is 13.2. The molecular weight excluding hydrogens is 411 g/mol. The Hall–Kier alpha value is -2.48. The molecule has 2 N–H and O–H groups in total. The Bertz CT molecular complexity index is 821. The highest BCUT2D eigenvalue weighted by Gasteiger charge is 2.18. The number of piperazine rings is 1. The standard InChI is InChI=1S/C23H33FN6S/c1-25-23(27-10-3-4-16-31-2)28-18-19-9-11-26-22(17-19)30-14-12-29(13-15-30)21-7-5-20(24)6-8-21/h5-9,11,17H,3-4,10,12-16,18H2,1-2H3,(H2,25,27,28). The van der Waals surface area contributed by atoms with Crippen molar-refractivity contribution in [2.24, 2.45) is 4.99 Å². The third kappa shape index (κ3) is 7.31. The van der Waals surface area contributed by atoms with Crippen molar-refractivity contribution in [2.75, 3.05) is 61.6 Å². The highest BCUT2D eigenvalue weighted by Crippen LogP contribution is 2.20. The van der Waals surface area contributed by atoms with Gasteiger partial charge in [0.2, 0.25) is 0 Å². The number of aliphatic imine (C=N–C) groups is 1. The number of nitrogens with zero attached hydrogens (tertiary/aromatic N) is 4. The van der Waals surface area contributed by atoms with Gasteiger partial charge in [-0.15, -0.1) is 0 Å². The number of hydrogen-bond donors (Lipinski definition) is 2. The third-order valence-electron chi connectivity index (χ3n) is 5.36. The largest absolute Gasteiger partial charge is 0.368 e. The van der Waals surface area contributed by atoms with Crippen LogP contribution in [0.2, 0.25) is 0 Å². The molecule has 1 aliphatic heterocycles. The number of thioether (sulfide) groups is 1. The van der Waals surface area contributed by atoms with Gasteiger partial charge in [-0.3, -0.25) is 4.99 Å². The molecule has 1 fully saturated rings. The number of benzene rings is 1. The van der Waals surface area contributed by atoms with Gasteiger partial charge in [0.15, 0.2) is 5.96 Å². The van der Waals surface area contributed by atoms with E-state index in [1.54, 1.807) is 7.05 Å². The lowest BCUT2D eigenvalue weighted by molar-refractivity contribution is 0.624. The lowest BCUT2D eigenvalue weighted by atomic mass is 10.2. The van der Waals surface area contributed by atoms with Crippen LogP contribution in [0.15, 0.2) is 47.6 Å². The molecule has 6 nitrogen and oxygen atoms in total. The predicted octanol–water partition coefficient (Wildman–Crippen LogP) is 3.36. The molecule has 0 radical (unpaired) electrons. The molecule has 0 spiro atoms. The van der Waals surface area contributed by atoms with E-state index in [2.05, 4.69) is 42.7 Å². The second-order valence-corrected chi connectivity index (χ2v) is 8.51. The first-order chi connectivity index (χ1) is 15.2. The summed E-state index contributed by atoms with van der Waals surface area (Å²) in [7, 11) is 1.80. The van der Waals surface area contributed by atoms with Gasteiger partial charge in [0.05, 0.1) is 0 Å². The van der Waals surface area contributed by atoms with E-state index in [-0.39, 0.29) is 5.82 Å². The smallest absolute Gasteiger partial charge is 0.191 e. The number of anilines is 2. The zero-order chi connectivity index (χ0) is 21.9. The Kier molecular flexibility index (Phi) is 9.27. The zero-order valence-electron chi connectivity index (χ0n) is 18.5. The molecule has 1 aromatic carbocycles. The van der Waals surface area contributed by atoms with E-state index in [0.29, 0.717) is 6.54 Å². The van der Waals surface area contributed by atoms with Crippen LogP contribution in [0.3, 0.4) is 0 Å². The number of nitrogens with one attached hydrogen (secondary N) is 2. The topological polar surface area (TPSA) is 55.8 Å². The van der Waals surface area contributed by atoms with Crippen LogP contribution in [0.1, 0.15) is 18.4 Å². The molecule has 31 heavy (non-hydrogen) atoms. The number of pyridine rings is 1. The summed E-state index contributed by atoms with van der Waals surface area (Å²) in [5.74, 6) is 2.83. The van der Waals surface area contributed by atoms with Gasteiger partial charge < -0.3 is 20.4 Å². The number of halogens is 1. The first kappa shape index (κ1) is 23.2. The molecule has 2 aromatic rings. The summed E-state index contributed by atoms with van der Waals surface area (Å²) in [4.78, 5) is 13.5. The molecule has 1 aromatic heterocycles. The van der Waals surface area contributed by atoms with Gasteiger partial charge in [0.25, 0.3) is 0 Å². The Morgan fingerprint density at radius 3 is 2.52 bits per heavy atom. The summed E-state index contributed by atoms with van der Waals surface area (Å²) in [6.45, 7) is 5.20. The first-order valence-electron chi connectivity index (χ1n) is 10.8. The van der Waals surface area contributed by atoms with Crippen molar-refractivity contribution in [3.05, 3.63) is 54.0 Å². The summed E-state index contributed by atoms with van der Waals surface area (Å²) >= 11 is 1.89. The van der Waals surface area contributed by atoms with Crippen LogP contribution in [-0.2, 0) is 6.54 Å². The van der Waals surface area contributed by atoms with E-state index in [1.807, 2.05) is 36.2 Å². The Morgan fingerprint density at radius 2 is 1.81 bits per heavy atom. The fraction of sp³-hybridized carbons (Fsp3) is 0.478. The molecule has 0 atom stereocenters. The van der Waals surface area contributed by atoms with Crippen molar-refractivity contribution >= 4 is 29.2 Å². The van der Waals surface area contributed by atoms with Crippen molar-refractivity contribution in [1.29, 1.82) is 0 Å². The fourth-order valence-corrected chi connectivity index (χ4v) is 4.07. The summed E-state index contributed by atoms with van der Waals surface area (Å²) in [5, 5.41) is 6.76. The second-order valence-electron chi connectivity index (χ2n) is 7.53. The van der Waals surface area contributed by atoms with E-state index in [9.17, 15) is 4.39 Å². The molecule has 1 aliphatic rings. The number of unbranched alkanes of at least 4 members (excludes halogenated alkanes) is 1. The van der Waals surface area contributed by atoms with Crippen molar-refractivity contribution in [1.82, 2.24) is 15.6 Å². The van der Waals surface area contributed by atoms with Crippen LogP contribution >= 0.6 is 11.8 Å². The van der Waals surface area contributed by atoms with E-state index < -0.39 is 0 Å². The van der Waals surface area contributed by atoms with Gasteiger partial charge in [0.1, 0.15) is 11.6 Å².